The fourth-order valence-electron chi connectivity index (χ4n) is 2.80. The Bertz CT molecular complexity index is 470. The Morgan fingerprint density at radius 2 is 2.10 bits per heavy atom. The highest BCUT2D eigenvalue weighted by Gasteiger charge is 2.23. The van der Waals surface area contributed by atoms with Crippen molar-refractivity contribution in [2.45, 2.75) is 45.1 Å². The SMILES string of the molecule is CCCc1ccc(NC(=O)CN2CCCCC2C=O)cc1. The van der Waals surface area contributed by atoms with Crippen molar-refractivity contribution in [3.8, 4) is 0 Å². The van der Waals surface area contributed by atoms with Crippen molar-refractivity contribution in [3.05, 3.63) is 29.8 Å². The van der Waals surface area contributed by atoms with Crippen LogP contribution in [0.2, 0.25) is 0 Å². The fraction of sp³-hybridized carbons (Fsp3) is 0.529. The zero-order valence-corrected chi connectivity index (χ0v) is 12.7. The molecule has 1 aliphatic heterocycles. The Morgan fingerprint density at radius 3 is 2.76 bits per heavy atom. The van der Waals surface area contributed by atoms with Gasteiger partial charge in [0.2, 0.25) is 5.91 Å². The molecule has 4 nitrogen and oxygen atoms in total. The third kappa shape index (κ3) is 4.67. The van der Waals surface area contributed by atoms with Crippen LogP contribution in [-0.2, 0) is 16.0 Å². The van der Waals surface area contributed by atoms with Crippen LogP contribution in [0.5, 0.6) is 0 Å². The van der Waals surface area contributed by atoms with Crippen molar-refractivity contribution in [2.75, 3.05) is 18.4 Å². The number of aldehydes is 1. The summed E-state index contributed by atoms with van der Waals surface area (Å²) in [5.74, 6) is -0.0491. The lowest BCUT2D eigenvalue weighted by molar-refractivity contribution is -0.120. The number of carbonyl (C=O) groups excluding carboxylic acids is 2. The average molecular weight is 288 g/mol. The number of nitrogens with zero attached hydrogens (tertiary/aromatic N) is 1. The molecule has 1 saturated heterocycles. The van der Waals surface area contributed by atoms with Crippen molar-refractivity contribution in [3.63, 3.8) is 0 Å². The summed E-state index contributed by atoms with van der Waals surface area (Å²) in [6.45, 7) is 3.27. The zero-order chi connectivity index (χ0) is 15.1. The maximum absolute atomic E-state index is 12.1. The monoisotopic (exact) mass is 288 g/mol. The van der Waals surface area contributed by atoms with Crippen LogP contribution in [-0.4, -0.2) is 36.2 Å². The zero-order valence-electron chi connectivity index (χ0n) is 12.7. The molecule has 1 amide bonds. The van der Waals surface area contributed by atoms with E-state index in [0.29, 0.717) is 6.54 Å². The molecule has 1 aromatic rings. The normalized spacial score (nSPS) is 19.2. The second kappa shape index (κ2) is 7.93. The first-order valence-corrected chi connectivity index (χ1v) is 7.81. The quantitative estimate of drug-likeness (QED) is 0.819. The van der Waals surface area contributed by atoms with Crippen molar-refractivity contribution < 1.29 is 9.59 Å². The third-order valence-electron chi connectivity index (χ3n) is 3.94. The number of anilines is 1. The maximum atomic E-state index is 12.1. The van der Waals surface area contributed by atoms with Crippen LogP contribution in [0, 0.1) is 0 Å². The predicted molar refractivity (Wildman–Crippen MR) is 84.3 cm³/mol. The van der Waals surface area contributed by atoms with E-state index in [1.165, 1.54) is 5.56 Å². The van der Waals surface area contributed by atoms with Gasteiger partial charge in [0.25, 0.3) is 0 Å². The largest absolute Gasteiger partial charge is 0.325 e. The first-order valence-electron chi connectivity index (χ1n) is 7.81. The minimum atomic E-state index is -0.101. The first-order chi connectivity index (χ1) is 10.2. The molecule has 1 aromatic carbocycles. The highest BCUT2D eigenvalue weighted by atomic mass is 16.2. The topological polar surface area (TPSA) is 49.4 Å². The summed E-state index contributed by atoms with van der Waals surface area (Å²) in [7, 11) is 0. The van der Waals surface area contributed by atoms with Gasteiger partial charge in [-0.15, -0.1) is 0 Å². The number of rotatable bonds is 6. The van der Waals surface area contributed by atoms with E-state index in [0.717, 1.165) is 50.6 Å². The molecule has 1 aliphatic rings. The highest BCUT2D eigenvalue weighted by molar-refractivity contribution is 5.92. The van der Waals surface area contributed by atoms with Crippen LogP contribution in [0.3, 0.4) is 0 Å². The van der Waals surface area contributed by atoms with Gasteiger partial charge in [0, 0.05) is 5.69 Å². The molecule has 1 N–H and O–H groups in total. The van der Waals surface area contributed by atoms with Crippen LogP contribution >= 0.6 is 0 Å². The molecule has 1 atom stereocenters. The second-order valence-corrected chi connectivity index (χ2v) is 5.66. The van der Waals surface area contributed by atoms with E-state index in [-0.39, 0.29) is 11.9 Å². The van der Waals surface area contributed by atoms with Gasteiger partial charge in [-0.3, -0.25) is 9.69 Å². The highest BCUT2D eigenvalue weighted by Crippen LogP contribution is 2.16. The van der Waals surface area contributed by atoms with Crippen molar-refractivity contribution in [2.24, 2.45) is 0 Å². The molecule has 1 unspecified atom stereocenters. The molecule has 0 spiro atoms. The molecular weight excluding hydrogens is 264 g/mol. The Morgan fingerprint density at radius 1 is 1.33 bits per heavy atom. The number of hydrogen-bond acceptors (Lipinski definition) is 3. The number of likely N-dealkylation sites (tertiary alicyclic amines) is 1. The molecule has 21 heavy (non-hydrogen) atoms. The average Bonchev–Trinajstić information content (AvgIpc) is 2.50. The van der Waals surface area contributed by atoms with E-state index >= 15 is 0 Å². The fourth-order valence-corrected chi connectivity index (χ4v) is 2.80. The van der Waals surface area contributed by atoms with Gasteiger partial charge < -0.3 is 10.1 Å². The number of nitrogens with one attached hydrogen (secondary N) is 1. The summed E-state index contributed by atoms with van der Waals surface area (Å²) in [4.78, 5) is 25.1. The van der Waals surface area contributed by atoms with E-state index in [9.17, 15) is 9.59 Å². The standard InChI is InChI=1S/C17H24N2O2/c1-2-5-14-7-9-15(10-8-14)18-17(21)12-19-11-4-3-6-16(19)13-20/h7-10,13,16H,2-6,11-12H2,1H3,(H,18,21). The molecule has 1 heterocycles. The lowest BCUT2D eigenvalue weighted by atomic mass is 10.0. The van der Waals surface area contributed by atoms with E-state index in [2.05, 4.69) is 12.2 Å². The van der Waals surface area contributed by atoms with Gasteiger partial charge in [-0.1, -0.05) is 31.9 Å². The molecule has 0 bridgehead atoms. The molecule has 0 saturated carbocycles. The Labute approximate surface area is 126 Å². The lowest BCUT2D eigenvalue weighted by Crippen LogP contribution is -2.44. The number of hydrogen-bond donors (Lipinski definition) is 1. The molecule has 4 heteroatoms. The Kier molecular flexibility index (Phi) is 5.93. The molecule has 114 valence electrons. The smallest absolute Gasteiger partial charge is 0.238 e. The molecule has 1 fully saturated rings. The van der Waals surface area contributed by atoms with Crippen molar-refractivity contribution in [1.29, 1.82) is 0 Å². The van der Waals surface area contributed by atoms with E-state index in [4.69, 9.17) is 0 Å². The Hall–Kier alpha value is -1.68. The van der Waals surface area contributed by atoms with E-state index in [1.54, 1.807) is 0 Å². The number of amides is 1. The van der Waals surface area contributed by atoms with Gasteiger partial charge in [0.05, 0.1) is 12.6 Å². The van der Waals surface area contributed by atoms with Crippen LogP contribution in [0.1, 0.15) is 38.2 Å². The van der Waals surface area contributed by atoms with Gasteiger partial charge in [-0.25, -0.2) is 0 Å². The summed E-state index contributed by atoms with van der Waals surface area (Å²) in [6, 6.07) is 7.88. The van der Waals surface area contributed by atoms with Gasteiger partial charge in [-0.2, -0.15) is 0 Å². The Balaban J connectivity index is 1.87. The van der Waals surface area contributed by atoms with Crippen LogP contribution in [0.4, 0.5) is 5.69 Å². The summed E-state index contributed by atoms with van der Waals surface area (Å²) in [5.41, 5.74) is 2.10. The van der Waals surface area contributed by atoms with E-state index < -0.39 is 0 Å². The minimum absolute atomic E-state index is 0.0491. The minimum Gasteiger partial charge on any atom is -0.325 e. The maximum Gasteiger partial charge on any atom is 0.238 e. The van der Waals surface area contributed by atoms with Crippen LogP contribution < -0.4 is 5.32 Å². The van der Waals surface area contributed by atoms with Gasteiger partial charge in [0.15, 0.2) is 0 Å². The number of carbonyl (C=O) groups is 2. The molecule has 0 aromatic heterocycles. The van der Waals surface area contributed by atoms with E-state index in [1.807, 2.05) is 29.2 Å². The van der Waals surface area contributed by atoms with Crippen LogP contribution in [0.25, 0.3) is 0 Å². The lowest BCUT2D eigenvalue weighted by Gasteiger charge is -2.31. The van der Waals surface area contributed by atoms with Crippen LogP contribution in [0.15, 0.2) is 24.3 Å². The summed E-state index contributed by atoms with van der Waals surface area (Å²) < 4.78 is 0. The van der Waals surface area contributed by atoms with Gasteiger partial charge in [0.1, 0.15) is 6.29 Å². The van der Waals surface area contributed by atoms with Crippen molar-refractivity contribution >= 4 is 17.9 Å². The summed E-state index contributed by atoms with van der Waals surface area (Å²) in [6.07, 6.45) is 6.13. The summed E-state index contributed by atoms with van der Waals surface area (Å²) in [5, 5.41) is 2.91. The molecule has 0 aliphatic carbocycles. The molecule has 0 radical (unpaired) electrons. The first kappa shape index (κ1) is 15.7. The second-order valence-electron chi connectivity index (χ2n) is 5.66. The van der Waals surface area contributed by atoms with Crippen molar-refractivity contribution in [1.82, 2.24) is 4.90 Å². The number of aryl methyl sites for hydroxylation is 1. The van der Waals surface area contributed by atoms with Gasteiger partial charge in [-0.05, 0) is 43.5 Å². The third-order valence-corrected chi connectivity index (χ3v) is 3.94. The predicted octanol–water partition coefficient (Wildman–Crippen LogP) is 2.63. The molecule has 2 rings (SSSR count). The number of benzene rings is 1. The summed E-state index contributed by atoms with van der Waals surface area (Å²) >= 11 is 0. The molecular formula is C17H24N2O2. The number of piperidine rings is 1. The van der Waals surface area contributed by atoms with Gasteiger partial charge >= 0.3 is 0 Å².